The molecule has 1 amide bonds. The molecular weight excluding hydrogens is 310 g/mol. The normalized spacial score (nSPS) is 20.0. The number of amides is 1. The Kier molecular flexibility index (Phi) is 5.20. The van der Waals surface area contributed by atoms with Crippen LogP contribution in [-0.2, 0) is 9.59 Å². The summed E-state index contributed by atoms with van der Waals surface area (Å²) in [4.78, 5) is 31.3. The molecule has 0 N–H and O–H groups in total. The first kappa shape index (κ1) is 17.6. The van der Waals surface area contributed by atoms with Crippen molar-refractivity contribution in [3.05, 3.63) is 16.1 Å². The zero-order valence-corrected chi connectivity index (χ0v) is 14.9. The average molecular weight is 333 g/mol. The molecular formula is C17H23N3O2S. The molecule has 1 aliphatic heterocycles. The molecule has 23 heavy (non-hydrogen) atoms. The molecule has 1 saturated heterocycles. The molecule has 0 radical (unpaired) electrons. The fourth-order valence-electron chi connectivity index (χ4n) is 2.85. The molecule has 0 aromatic carbocycles. The molecule has 6 heteroatoms. The number of carbonyl (C=O) groups excluding carboxylic acids is 2. The summed E-state index contributed by atoms with van der Waals surface area (Å²) < 4.78 is 0. The minimum Gasteiger partial charge on any atom is -0.342 e. The summed E-state index contributed by atoms with van der Waals surface area (Å²) in [6.07, 6.45) is 1.53. The summed E-state index contributed by atoms with van der Waals surface area (Å²) in [5.74, 6) is -1.13. The van der Waals surface area contributed by atoms with Gasteiger partial charge in [0.05, 0.1) is 6.07 Å². The van der Waals surface area contributed by atoms with Gasteiger partial charge in [-0.05, 0) is 19.8 Å². The van der Waals surface area contributed by atoms with E-state index in [-0.39, 0.29) is 17.6 Å². The Morgan fingerprint density at radius 2 is 2.17 bits per heavy atom. The van der Waals surface area contributed by atoms with Crippen LogP contribution in [0.1, 0.15) is 50.2 Å². The lowest BCUT2D eigenvalue weighted by atomic mass is 9.86. The summed E-state index contributed by atoms with van der Waals surface area (Å²) in [5, 5.41) is 11.8. The van der Waals surface area contributed by atoms with Crippen LogP contribution in [0, 0.1) is 29.6 Å². The maximum absolute atomic E-state index is 12.8. The second kappa shape index (κ2) is 6.79. The number of carbonyl (C=O) groups is 2. The van der Waals surface area contributed by atoms with Gasteiger partial charge in [-0.1, -0.05) is 20.8 Å². The van der Waals surface area contributed by atoms with Crippen molar-refractivity contribution < 1.29 is 9.59 Å². The highest BCUT2D eigenvalue weighted by Gasteiger charge is 2.36. The van der Waals surface area contributed by atoms with E-state index in [1.54, 1.807) is 4.90 Å². The van der Waals surface area contributed by atoms with Crippen LogP contribution in [0.2, 0.25) is 0 Å². The number of ketones is 1. The van der Waals surface area contributed by atoms with E-state index in [2.05, 4.69) is 11.1 Å². The van der Waals surface area contributed by atoms with E-state index in [9.17, 15) is 14.9 Å². The third kappa shape index (κ3) is 3.97. The number of hydrogen-bond donors (Lipinski definition) is 0. The Hall–Kier alpha value is -1.74. The van der Waals surface area contributed by atoms with Gasteiger partial charge in [-0.25, -0.2) is 4.98 Å². The largest absolute Gasteiger partial charge is 0.342 e. The van der Waals surface area contributed by atoms with E-state index < -0.39 is 11.3 Å². The topological polar surface area (TPSA) is 74.1 Å². The molecule has 2 unspecified atom stereocenters. The van der Waals surface area contributed by atoms with Gasteiger partial charge < -0.3 is 4.90 Å². The van der Waals surface area contributed by atoms with Crippen molar-refractivity contribution in [2.45, 2.75) is 46.5 Å². The van der Waals surface area contributed by atoms with Gasteiger partial charge in [0.1, 0.15) is 5.01 Å². The highest BCUT2D eigenvalue weighted by molar-refractivity contribution is 7.09. The summed E-state index contributed by atoms with van der Waals surface area (Å²) in [7, 11) is 0. The quantitative estimate of drug-likeness (QED) is 0.852. The SMILES string of the molecule is Cc1csc(C(C#N)C(=O)C2CCCN(C(=O)C(C)(C)C)C2)n1. The second-order valence-corrected chi connectivity index (χ2v) is 8.02. The van der Waals surface area contributed by atoms with Crippen LogP contribution < -0.4 is 0 Å². The smallest absolute Gasteiger partial charge is 0.227 e. The molecule has 5 nitrogen and oxygen atoms in total. The summed E-state index contributed by atoms with van der Waals surface area (Å²) >= 11 is 1.35. The molecule has 0 bridgehead atoms. The van der Waals surface area contributed by atoms with Crippen LogP contribution >= 0.6 is 11.3 Å². The number of hydrogen-bond acceptors (Lipinski definition) is 5. The number of piperidine rings is 1. The predicted molar refractivity (Wildman–Crippen MR) is 89.0 cm³/mol. The molecule has 2 heterocycles. The van der Waals surface area contributed by atoms with Crippen molar-refractivity contribution >= 4 is 23.0 Å². The van der Waals surface area contributed by atoms with Gasteiger partial charge >= 0.3 is 0 Å². The Bertz CT molecular complexity index is 639. The maximum atomic E-state index is 12.8. The van der Waals surface area contributed by atoms with Crippen LogP contribution in [0.4, 0.5) is 0 Å². The minimum atomic E-state index is -0.816. The lowest BCUT2D eigenvalue weighted by Crippen LogP contribution is -2.47. The molecule has 2 rings (SSSR count). The van der Waals surface area contributed by atoms with E-state index in [1.807, 2.05) is 33.1 Å². The van der Waals surface area contributed by atoms with Crippen LogP contribution in [0.5, 0.6) is 0 Å². The van der Waals surface area contributed by atoms with E-state index in [4.69, 9.17) is 0 Å². The van der Waals surface area contributed by atoms with Gasteiger partial charge in [0.25, 0.3) is 0 Å². The summed E-state index contributed by atoms with van der Waals surface area (Å²) in [6, 6.07) is 2.10. The first-order chi connectivity index (χ1) is 10.7. The number of rotatable bonds is 3. The first-order valence-electron chi connectivity index (χ1n) is 7.88. The van der Waals surface area contributed by atoms with Crippen molar-refractivity contribution in [1.29, 1.82) is 5.26 Å². The third-order valence-electron chi connectivity index (χ3n) is 4.05. The van der Waals surface area contributed by atoms with Gasteiger partial charge in [0.15, 0.2) is 11.7 Å². The molecule has 2 atom stereocenters. The number of Topliss-reactive ketones (excluding diaryl/α,β-unsaturated/α-hetero) is 1. The van der Waals surface area contributed by atoms with Crippen molar-refractivity contribution in [2.75, 3.05) is 13.1 Å². The van der Waals surface area contributed by atoms with Gasteiger partial charge in [0, 0.05) is 35.5 Å². The molecule has 124 valence electrons. The molecule has 1 aliphatic rings. The van der Waals surface area contributed by atoms with Crippen molar-refractivity contribution in [2.24, 2.45) is 11.3 Å². The Labute approximate surface area is 141 Å². The van der Waals surface area contributed by atoms with Crippen LogP contribution in [0.3, 0.4) is 0 Å². The number of nitrogens with zero attached hydrogens (tertiary/aromatic N) is 3. The molecule has 1 aromatic rings. The van der Waals surface area contributed by atoms with Gasteiger partial charge in [-0.2, -0.15) is 5.26 Å². The predicted octanol–water partition coefficient (Wildman–Crippen LogP) is 2.91. The fraction of sp³-hybridized carbons (Fsp3) is 0.647. The standard InChI is InChI=1S/C17H23N3O2S/c1-11-10-23-15(19-11)13(8-18)14(21)12-6-5-7-20(9-12)16(22)17(2,3)4/h10,12-13H,5-7,9H2,1-4H3. The molecule has 0 saturated carbocycles. The number of aryl methyl sites for hydroxylation is 1. The van der Waals surface area contributed by atoms with Gasteiger partial charge in [-0.3, -0.25) is 9.59 Å². The maximum Gasteiger partial charge on any atom is 0.227 e. The van der Waals surface area contributed by atoms with Crippen molar-refractivity contribution in [3.63, 3.8) is 0 Å². The Morgan fingerprint density at radius 3 is 2.70 bits per heavy atom. The lowest BCUT2D eigenvalue weighted by Gasteiger charge is -2.36. The third-order valence-corrected chi connectivity index (χ3v) is 5.08. The van der Waals surface area contributed by atoms with E-state index in [0.29, 0.717) is 18.1 Å². The van der Waals surface area contributed by atoms with Gasteiger partial charge in [-0.15, -0.1) is 11.3 Å². The summed E-state index contributed by atoms with van der Waals surface area (Å²) in [5.41, 5.74) is 0.373. The number of thiazole rings is 1. The Morgan fingerprint density at radius 1 is 1.48 bits per heavy atom. The van der Waals surface area contributed by atoms with E-state index in [1.165, 1.54) is 11.3 Å². The monoisotopic (exact) mass is 333 g/mol. The van der Waals surface area contributed by atoms with E-state index >= 15 is 0 Å². The van der Waals surface area contributed by atoms with Crippen molar-refractivity contribution in [1.82, 2.24) is 9.88 Å². The molecule has 1 aromatic heterocycles. The van der Waals surface area contributed by atoms with E-state index in [0.717, 1.165) is 18.5 Å². The van der Waals surface area contributed by atoms with Crippen LogP contribution in [0.15, 0.2) is 5.38 Å². The molecule has 0 aliphatic carbocycles. The minimum absolute atomic E-state index is 0.0635. The average Bonchev–Trinajstić information content (AvgIpc) is 2.92. The zero-order valence-electron chi connectivity index (χ0n) is 14.1. The Balaban J connectivity index is 2.13. The molecule has 0 spiro atoms. The zero-order chi connectivity index (χ0) is 17.2. The number of likely N-dealkylation sites (tertiary alicyclic amines) is 1. The second-order valence-electron chi connectivity index (χ2n) is 7.13. The van der Waals surface area contributed by atoms with Gasteiger partial charge in [0.2, 0.25) is 5.91 Å². The first-order valence-corrected chi connectivity index (χ1v) is 8.76. The molecule has 1 fully saturated rings. The van der Waals surface area contributed by atoms with Crippen LogP contribution in [0.25, 0.3) is 0 Å². The fourth-order valence-corrected chi connectivity index (χ4v) is 3.69. The number of aromatic nitrogens is 1. The highest BCUT2D eigenvalue weighted by atomic mass is 32.1. The highest BCUT2D eigenvalue weighted by Crippen LogP contribution is 2.29. The van der Waals surface area contributed by atoms with Crippen LogP contribution in [-0.4, -0.2) is 34.7 Å². The lowest BCUT2D eigenvalue weighted by molar-refractivity contribution is -0.142. The van der Waals surface area contributed by atoms with Crippen molar-refractivity contribution in [3.8, 4) is 6.07 Å². The number of nitriles is 1. The summed E-state index contributed by atoms with van der Waals surface area (Å²) in [6.45, 7) is 8.61.